The molecule has 0 spiro atoms. The number of rotatable bonds is 1. The summed E-state index contributed by atoms with van der Waals surface area (Å²) in [4.78, 5) is 2.91. The maximum Gasteiger partial charge on any atom is 0.165 e. The van der Waals surface area contributed by atoms with Gasteiger partial charge in [0, 0.05) is 49.3 Å². The minimum absolute atomic E-state index is 0. The zero-order valence-corrected chi connectivity index (χ0v) is 13.5. The molecule has 0 heterocycles. The molecule has 0 atom stereocenters. The van der Waals surface area contributed by atoms with Crippen molar-refractivity contribution >= 4 is 76.1 Å². The van der Waals surface area contributed by atoms with Crippen LogP contribution in [0.3, 0.4) is 0 Å². The fourth-order valence-electron chi connectivity index (χ4n) is 0.750. The maximum absolute atomic E-state index is 4.80. The van der Waals surface area contributed by atoms with Gasteiger partial charge in [0.1, 0.15) is 0 Å². The van der Waals surface area contributed by atoms with Crippen LogP contribution >= 0.6 is 76.1 Å². The molecule has 0 N–H and O–H groups in total. The number of hydrogen-bond acceptors (Lipinski definition) is 7. The van der Waals surface area contributed by atoms with Gasteiger partial charge in [0.25, 0.3) is 0 Å². The van der Waals surface area contributed by atoms with E-state index in [1.54, 1.807) is 0 Å². The van der Waals surface area contributed by atoms with Crippen LogP contribution in [0.4, 0.5) is 0 Å². The third-order valence-electron chi connectivity index (χ3n) is 1.42. The van der Waals surface area contributed by atoms with Gasteiger partial charge in [-0.2, -0.15) is 0 Å². The van der Waals surface area contributed by atoms with E-state index in [0.29, 0.717) is 30.2 Å². The SMILES string of the molecule is SOc1c(S)c(S)c(S)c(S)c1S.[Ti]. The molecule has 0 bridgehead atoms. The van der Waals surface area contributed by atoms with Gasteiger partial charge >= 0.3 is 0 Å². The van der Waals surface area contributed by atoms with Crippen LogP contribution in [0.2, 0.25) is 0 Å². The predicted molar refractivity (Wildman–Crippen MR) is 72.3 cm³/mol. The van der Waals surface area contributed by atoms with Crippen molar-refractivity contribution in [1.82, 2.24) is 0 Å². The summed E-state index contributed by atoms with van der Waals surface area (Å²) in [6, 6.07) is 0. The Morgan fingerprint density at radius 1 is 0.643 bits per heavy atom. The Kier molecular flexibility index (Phi) is 7.40. The summed E-state index contributed by atoms with van der Waals surface area (Å²) in [5, 5.41) is 0. The molecule has 0 radical (unpaired) electrons. The van der Waals surface area contributed by atoms with Gasteiger partial charge in [-0.25, -0.2) is 0 Å². The molecule has 8 heteroatoms. The molecule has 0 aliphatic rings. The van der Waals surface area contributed by atoms with Gasteiger partial charge in [-0.3, -0.25) is 0 Å². The standard InChI is InChI=1S/C6H6OS6.Ti/c8-2-1(7-13)3(9)5(11)6(12)4(2)10;/h8-13H;. The van der Waals surface area contributed by atoms with E-state index in [4.69, 9.17) is 4.18 Å². The summed E-state index contributed by atoms with van der Waals surface area (Å²) >= 11 is 24.7. The Balaban J connectivity index is 0.00000169. The first kappa shape index (κ1) is 15.8. The van der Waals surface area contributed by atoms with Crippen LogP contribution in [0.5, 0.6) is 5.75 Å². The third-order valence-corrected chi connectivity index (χ3v) is 4.50. The van der Waals surface area contributed by atoms with E-state index in [9.17, 15) is 0 Å². The molecule has 1 nitrogen and oxygen atoms in total. The van der Waals surface area contributed by atoms with E-state index >= 15 is 0 Å². The molecule has 0 aliphatic carbocycles. The van der Waals surface area contributed by atoms with E-state index < -0.39 is 0 Å². The van der Waals surface area contributed by atoms with Crippen molar-refractivity contribution in [1.29, 1.82) is 0 Å². The first-order valence-corrected chi connectivity index (χ1v) is 5.61. The van der Waals surface area contributed by atoms with Gasteiger partial charge in [0.05, 0.1) is 9.79 Å². The quantitative estimate of drug-likeness (QED) is 0.262. The normalized spacial score (nSPS) is 9.57. The van der Waals surface area contributed by atoms with Gasteiger partial charge in [-0.15, -0.1) is 63.1 Å². The van der Waals surface area contributed by atoms with Crippen molar-refractivity contribution in [2.24, 2.45) is 0 Å². The summed E-state index contributed by atoms with van der Waals surface area (Å²) in [5.41, 5.74) is 0. The molecule has 0 aromatic heterocycles. The second-order valence-electron chi connectivity index (χ2n) is 2.16. The van der Waals surface area contributed by atoms with Crippen molar-refractivity contribution in [2.75, 3.05) is 0 Å². The Hall–Kier alpha value is 1.83. The average molecular weight is 334 g/mol. The van der Waals surface area contributed by atoms with E-state index in [1.807, 2.05) is 0 Å². The van der Waals surface area contributed by atoms with Gasteiger partial charge in [0.2, 0.25) is 0 Å². The van der Waals surface area contributed by atoms with Crippen molar-refractivity contribution < 1.29 is 25.9 Å². The molecule has 0 unspecified atom stereocenters. The molecular weight excluding hydrogens is 328 g/mol. The van der Waals surface area contributed by atoms with Crippen molar-refractivity contribution in [3.05, 3.63) is 0 Å². The fraction of sp³-hybridized carbons (Fsp3) is 0. The molecule has 0 saturated carbocycles. The van der Waals surface area contributed by atoms with Gasteiger partial charge in [-0.1, -0.05) is 0 Å². The molecule has 0 saturated heterocycles. The van der Waals surface area contributed by atoms with Crippen LogP contribution in [0.25, 0.3) is 0 Å². The molecule has 0 aliphatic heterocycles. The third kappa shape index (κ3) is 2.94. The van der Waals surface area contributed by atoms with E-state index in [-0.39, 0.29) is 21.7 Å². The molecule has 0 fully saturated rings. The Morgan fingerprint density at radius 3 is 1.21 bits per heavy atom. The van der Waals surface area contributed by atoms with Crippen LogP contribution in [0.15, 0.2) is 24.5 Å². The molecule has 1 aromatic carbocycles. The van der Waals surface area contributed by atoms with Crippen LogP contribution in [-0.4, -0.2) is 0 Å². The van der Waals surface area contributed by atoms with Gasteiger partial charge in [0.15, 0.2) is 5.75 Å². The van der Waals surface area contributed by atoms with Gasteiger partial charge in [-0.05, 0) is 0 Å². The van der Waals surface area contributed by atoms with Crippen LogP contribution in [0, 0.1) is 0 Å². The number of benzene rings is 1. The van der Waals surface area contributed by atoms with E-state index in [0.717, 1.165) is 0 Å². The van der Waals surface area contributed by atoms with Crippen LogP contribution < -0.4 is 4.18 Å². The van der Waals surface area contributed by atoms with E-state index in [2.05, 4.69) is 76.1 Å². The first-order valence-electron chi connectivity index (χ1n) is 3.00. The molecule has 14 heavy (non-hydrogen) atoms. The van der Waals surface area contributed by atoms with Crippen molar-refractivity contribution in [2.45, 2.75) is 24.5 Å². The van der Waals surface area contributed by atoms with Crippen molar-refractivity contribution in [3.8, 4) is 5.75 Å². The zero-order chi connectivity index (χ0) is 10.2. The Bertz CT molecular complexity index is 326. The summed E-state index contributed by atoms with van der Waals surface area (Å²) in [6.07, 6.45) is 0. The predicted octanol–water partition coefficient (Wildman–Crippen LogP) is 3.35. The molecule has 76 valence electrons. The van der Waals surface area contributed by atoms with Crippen molar-refractivity contribution in [3.63, 3.8) is 0 Å². The molecular formula is C6H6OS6Ti. The fourth-order valence-corrected chi connectivity index (χ4v) is 2.62. The maximum atomic E-state index is 4.80. The van der Waals surface area contributed by atoms with Crippen LogP contribution in [0.1, 0.15) is 0 Å². The Morgan fingerprint density at radius 2 is 0.929 bits per heavy atom. The smallest absolute Gasteiger partial charge is 0.165 e. The monoisotopic (exact) mass is 334 g/mol. The summed E-state index contributed by atoms with van der Waals surface area (Å²) in [5.74, 6) is 0.433. The van der Waals surface area contributed by atoms with E-state index in [1.165, 1.54) is 0 Å². The molecule has 0 amide bonds. The number of hydrogen-bond donors (Lipinski definition) is 6. The second-order valence-corrected chi connectivity index (χ2v) is 4.58. The zero-order valence-electron chi connectivity index (χ0n) is 6.59. The molecule has 1 aromatic rings. The summed E-state index contributed by atoms with van der Waals surface area (Å²) in [6.45, 7) is 0. The number of thiol groups is 6. The molecule has 1 rings (SSSR count). The average Bonchev–Trinajstić information content (AvgIpc) is 2.13. The largest absolute Gasteiger partial charge is 0.427 e. The second kappa shape index (κ2) is 6.54. The minimum Gasteiger partial charge on any atom is -0.427 e. The first-order chi connectivity index (χ1) is 6.00. The minimum atomic E-state index is 0. The van der Waals surface area contributed by atoms with Gasteiger partial charge < -0.3 is 4.18 Å². The van der Waals surface area contributed by atoms with Crippen LogP contribution in [-0.2, 0) is 21.7 Å². The Labute approximate surface area is 131 Å². The topological polar surface area (TPSA) is 9.23 Å². The summed E-state index contributed by atoms with van der Waals surface area (Å²) < 4.78 is 4.80. The summed E-state index contributed by atoms with van der Waals surface area (Å²) in [7, 11) is 0.